The highest BCUT2D eigenvalue weighted by molar-refractivity contribution is 6.33. The van der Waals surface area contributed by atoms with Crippen LogP contribution in [0.2, 0.25) is 5.02 Å². The fourth-order valence-electron chi connectivity index (χ4n) is 3.32. The molecule has 1 aromatic heterocycles. The molecule has 0 aliphatic carbocycles. The Morgan fingerprint density at radius 1 is 1.20 bits per heavy atom. The molecule has 1 N–H and O–H groups in total. The van der Waals surface area contributed by atoms with E-state index in [0.29, 0.717) is 6.04 Å². The lowest BCUT2D eigenvalue weighted by atomic mass is 10.0. The van der Waals surface area contributed by atoms with Crippen molar-refractivity contribution >= 4 is 11.6 Å². The Kier molecular flexibility index (Phi) is 6.93. The lowest BCUT2D eigenvalue weighted by Gasteiger charge is -2.32. The Morgan fingerprint density at radius 3 is 2.76 bits per heavy atom. The second-order valence-electron chi connectivity index (χ2n) is 6.59. The lowest BCUT2D eigenvalue weighted by molar-refractivity contribution is 0.152. The Balaban J connectivity index is 1.44. The van der Waals surface area contributed by atoms with E-state index in [9.17, 15) is 0 Å². The van der Waals surface area contributed by atoms with Gasteiger partial charge >= 0.3 is 0 Å². The molecular formula is C20H27ClN2O2. The molecule has 3 rings (SSSR count). The summed E-state index contributed by atoms with van der Waals surface area (Å²) >= 11 is 6.24. The number of piperidine rings is 1. The van der Waals surface area contributed by atoms with E-state index in [-0.39, 0.29) is 0 Å². The zero-order valence-electron chi connectivity index (χ0n) is 14.8. The highest BCUT2D eigenvalue weighted by Crippen LogP contribution is 2.29. The summed E-state index contributed by atoms with van der Waals surface area (Å²) in [4.78, 5) is 2.53. The zero-order chi connectivity index (χ0) is 17.5. The molecule has 5 heteroatoms. The molecular weight excluding hydrogens is 336 g/mol. The van der Waals surface area contributed by atoms with Gasteiger partial charge in [-0.05, 0) is 56.6 Å². The van der Waals surface area contributed by atoms with Gasteiger partial charge in [0.25, 0.3) is 0 Å². The highest BCUT2D eigenvalue weighted by atomic mass is 35.5. The molecule has 2 heterocycles. The first-order valence-corrected chi connectivity index (χ1v) is 9.42. The van der Waals surface area contributed by atoms with Gasteiger partial charge in [-0.1, -0.05) is 23.7 Å². The summed E-state index contributed by atoms with van der Waals surface area (Å²) < 4.78 is 11.1. The molecule has 1 aliphatic heterocycles. The second-order valence-corrected chi connectivity index (χ2v) is 7.00. The number of rotatable bonds is 8. The first-order chi connectivity index (χ1) is 12.3. The van der Waals surface area contributed by atoms with E-state index in [1.54, 1.807) is 7.11 Å². The topological polar surface area (TPSA) is 37.6 Å². The van der Waals surface area contributed by atoms with Gasteiger partial charge in [0.15, 0.2) is 0 Å². The van der Waals surface area contributed by atoms with E-state index >= 15 is 0 Å². The van der Waals surface area contributed by atoms with Crippen LogP contribution in [0.3, 0.4) is 0 Å². The van der Waals surface area contributed by atoms with Gasteiger partial charge in [0.2, 0.25) is 0 Å². The predicted molar refractivity (Wildman–Crippen MR) is 102 cm³/mol. The molecule has 0 bridgehead atoms. The van der Waals surface area contributed by atoms with Gasteiger partial charge in [0.1, 0.15) is 11.5 Å². The van der Waals surface area contributed by atoms with Crippen LogP contribution >= 0.6 is 11.6 Å². The van der Waals surface area contributed by atoms with E-state index in [1.165, 1.54) is 12.8 Å². The summed E-state index contributed by atoms with van der Waals surface area (Å²) in [5.74, 6) is 1.79. The van der Waals surface area contributed by atoms with Crippen molar-refractivity contribution in [3.63, 3.8) is 0 Å². The van der Waals surface area contributed by atoms with E-state index in [4.69, 9.17) is 20.8 Å². The number of halogens is 1. The first-order valence-electron chi connectivity index (χ1n) is 9.04. The van der Waals surface area contributed by atoms with Crippen molar-refractivity contribution < 1.29 is 9.15 Å². The van der Waals surface area contributed by atoms with Crippen molar-refractivity contribution in [2.45, 2.75) is 31.8 Å². The van der Waals surface area contributed by atoms with Crippen molar-refractivity contribution in [2.24, 2.45) is 0 Å². The Bertz CT molecular complexity index is 651. The summed E-state index contributed by atoms with van der Waals surface area (Å²) in [6.45, 7) is 5.07. The third-order valence-corrected chi connectivity index (χ3v) is 5.11. The number of hydrogen-bond acceptors (Lipinski definition) is 4. The molecule has 2 aromatic rings. The molecule has 1 aliphatic rings. The van der Waals surface area contributed by atoms with Crippen LogP contribution in [0.4, 0.5) is 0 Å². The fraction of sp³-hybridized carbons (Fsp3) is 0.500. The minimum atomic E-state index is 0.563. The monoisotopic (exact) mass is 362 g/mol. The average molecular weight is 363 g/mol. The largest absolute Gasteiger partial charge is 0.460 e. The molecule has 0 amide bonds. The Labute approximate surface area is 155 Å². The minimum absolute atomic E-state index is 0.563. The van der Waals surface area contributed by atoms with Crippen LogP contribution in [0, 0.1) is 0 Å². The smallest absolute Gasteiger partial charge is 0.135 e. The highest BCUT2D eigenvalue weighted by Gasteiger charge is 2.18. The molecule has 0 radical (unpaired) electrons. The molecule has 0 unspecified atom stereocenters. The number of nitrogens with zero attached hydrogens (tertiary/aromatic N) is 1. The van der Waals surface area contributed by atoms with Crippen LogP contribution < -0.4 is 5.32 Å². The summed E-state index contributed by atoms with van der Waals surface area (Å²) in [7, 11) is 1.77. The zero-order valence-corrected chi connectivity index (χ0v) is 15.6. The number of methoxy groups -OCH3 is 1. The van der Waals surface area contributed by atoms with Gasteiger partial charge in [0, 0.05) is 31.9 Å². The Hall–Kier alpha value is -1.33. The summed E-state index contributed by atoms with van der Waals surface area (Å²) in [6.07, 6.45) is 3.49. The maximum atomic E-state index is 6.24. The van der Waals surface area contributed by atoms with Crippen LogP contribution in [-0.4, -0.2) is 44.3 Å². The van der Waals surface area contributed by atoms with Crippen LogP contribution in [0.1, 0.15) is 25.0 Å². The van der Waals surface area contributed by atoms with Gasteiger partial charge in [-0.25, -0.2) is 0 Å². The van der Waals surface area contributed by atoms with Crippen LogP contribution in [-0.2, 0) is 11.3 Å². The standard InChI is InChI=1S/C20H27ClN2O2/c1-24-14-4-11-23-12-9-16(10-13-23)22-15-17-7-8-20(25-17)18-5-2-3-6-19(18)21/h2-3,5-8,16,22H,4,9-15H2,1H3. The Morgan fingerprint density at radius 2 is 2.00 bits per heavy atom. The van der Waals surface area contributed by atoms with E-state index in [2.05, 4.69) is 10.2 Å². The molecule has 136 valence electrons. The van der Waals surface area contributed by atoms with Gasteiger partial charge < -0.3 is 19.4 Å². The first kappa shape index (κ1) is 18.5. The number of furan rings is 1. The molecule has 0 atom stereocenters. The van der Waals surface area contributed by atoms with Crippen molar-refractivity contribution in [2.75, 3.05) is 33.4 Å². The number of likely N-dealkylation sites (tertiary alicyclic amines) is 1. The maximum absolute atomic E-state index is 6.24. The second kappa shape index (κ2) is 9.39. The lowest BCUT2D eigenvalue weighted by Crippen LogP contribution is -2.42. The van der Waals surface area contributed by atoms with E-state index in [1.807, 2.05) is 36.4 Å². The van der Waals surface area contributed by atoms with E-state index < -0.39 is 0 Å². The molecule has 25 heavy (non-hydrogen) atoms. The van der Waals surface area contributed by atoms with Crippen LogP contribution in [0.5, 0.6) is 0 Å². The number of ether oxygens (including phenoxy) is 1. The molecule has 1 saturated heterocycles. The fourth-order valence-corrected chi connectivity index (χ4v) is 3.55. The molecule has 0 saturated carbocycles. The third kappa shape index (κ3) is 5.32. The summed E-state index contributed by atoms with van der Waals surface area (Å²) in [5, 5.41) is 4.35. The molecule has 0 spiro atoms. The summed E-state index contributed by atoms with van der Waals surface area (Å²) in [6, 6.07) is 12.4. The minimum Gasteiger partial charge on any atom is -0.460 e. The van der Waals surface area contributed by atoms with Crippen molar-refractivity contribution in [1.29, 1.82) is 0 Å². The quantitative estimate of drug-likeness (QED) is 0.714. The van der Waals surface area contributed by atoms with Gasteiger partial charge in [-0.3, -0.25) is 0 Å². The van der Waals surface area contributed by atoms with Gasteiger partial charge in [-0.2, -0.15) is 0 Å². The number of nitrogens with one attached hydrogen (secondary N) is 1. The van der Waals surface area contributed by atoms with Crippen LogP contribution in [0.25, 0.3) is 11.3 Å². The van der Waals surface area contributed by atoms with Gasteiger partial charge in [0.05, 0.1) is 11.6 Å². The summed E-state index contributed by atoms with van der Waals surface area (Å²) in [5.41, 5.74) is 0.944. The molecule has 4 nitrogen and oxygen atoms in total. The third-order valence-electron chi connectivity index (χ3n) is 4.78. The maximum Gasteiger partial charge on any atom is 0.135 e. The van der Waals surface area contributed by atoms with Crippen molar-refractivity contribution in [1.82, 2.24) is 10.2 Å². The van der Waals surface area contributed by atoms with E-state index in [0.717, 1.165) is 61.3 Å². The van der Waals surface area contributed by atoms with Gasteiger partial charge in [-0.15, -0.1) is 0 Å². The predicted octanol–water partition coefficient (Wildman–Crippen LogP) is 4.19. The molecule has 1 aromatic carbocycles. The average Bonchev–Trinajstić information content (AvgIpc) is 3.10. The van der Waals surface area contributed by atoms with Crippen molar-refractivity contribution in [3.8, 4) is 11.3 Å². The number of hydrogen-bond donors (Lipinski definition) is 1. The number of benzene rings is 1. The van der Waals surface area contributed by atoms with Crippen LogP contribution in [0.15, 0.2) is 40.8 Å². The van der Waals surface area contributed by atoms with Crippen molar-refractivity contribution in [3.05, 3.63) is 47.2 Å². The normalized spacial score (nSPS) is 16.4. The SMILES string of the molecule is COCCCN1CCC(NCc2ccc(-c3ccccc3Cl)o2)CC1. The molecule has 1 fully saturated rings.